The molecule has 3 nitrogen and oxygen atoms in total. The third-order valence-corrected chi connectivity index (χ3v) is 4.27. The zero-order chi connectivity index (χ0) is 13.7. The fourth-order valence-electron chi connectivity index (χ4n) is 3.22. The Hall–Kier alpha value is -0.930. The first-order valence-electron chi connectivity index (χ1n) is 7.50. The molecular weight excluding hydrogens is 234 g/mol. The summed E-state index contributed by atoms with van der Waals surface area (Å²) in [6, 6.07) is 7.07. The summed E-state index contributed by atoms with van der Waals surface area (Å²) in [6.45, 7) is 4.20. The van der Waals surface area contributed by atoms with E-state index in [4.69, 9.17) is 4.98 Å². The Bertz CT molecular complexity index is 391. The highest BCUT2D eigenvalue weighted by Gasteiger charge is 2.24. The smallest absolute Gasteiger partial charge is 0.0547 e. The van der Waals surface area contributed by atoms with E-state index in [0.29, 0.717) is 0 Å². The van der Waals surface area contributed by atoms with Crippen LogP contribution in [0.15, 0.2) is 18.2 Å². The second-order valence-electron chi connectivity index (χ2n) is 5.89. The van der Waals surface area contributed by atoms with Gasteiger partial charge in [-0.3, -0.25) is 9.88 Å². The van der Waals surface area contributed by atoms with Crippen molar-refractivity contribution in [2.75, 3.05) is 14.1 Å². The number of hydrogen-bond acceptors (Lipinski definition) is 3. The predicted molar refractivity (Wildman–Crippen MR) is 79.9 cm³/mol. The molecule has 2 rings (SSSR count). The Labute approximate surface area is 117 Å². The Balaban J connectivity index is 1.97. The summed E-state index contributed by atoms with van der Waals surface area (Å²) in [5.74, 6) is 0.819. The average molecular weight is 261 g/mol. The minimum Gasteiger partial charge on any atom is -0.314 e. The number of nitrogens with one attached hydrogen (secondary N) is 1. The first kappa shape index (κ1) is 14.5. The highest BCUT2D eigenvalue weighted by molar-refractivity contribution is 5.11. The van der Waals surface area contributed by atoms with E-state index in [2.05, 4.69) is 42.4 Å². The van der Waals surface area contributed by atoms with Crippen molar-refractivity contribution < 1.29 is 0 Å². The Kier molecular flexibility index (Phi) is 5.34. The van der Waals surface area contributed by atoms with Crippen molar-refractivity contribution >= 4 is 0 Å². The molecule has 0 bridgehead atoms. The van der Waals surface area contributed by atoms with E-state index in [1.165, 1.54) is 31.4 Å². The molecule has 1 heterocycles. The number of nitrogens with zero attached hydrogens (tertiary/aromatic N) is 2. The quantitative estimate of drug-likeness (QED) is 0.883. The first-order valence-corrected chi connectivity index (χ1v) is 7.50. The molecule has 1 N–H and O–H groups in total. The van der Waals surface area contributed by atoms with Gasteiger partial charge in [0.05, 0.1) is 11.4 Å². The molecule has 0 aliphatic heterocycles. The number of pyridine rings is 1. The van der Waals surface area contributed by atoms with Crippen LogP contribution in [0.25, 0.3) is 0 Å². The first-order chi connectivity index (χ1) is 9.20. The van der Waals surface area contributed by atoms with Gasteiger partial charge in [0.25, 0.3) is 0 Å². The monoisotopic (exact) mass is 261 g/mol. The Morgan fingerprint density at radius 2 is 2.00 bits per heavy atom. The molecule has 2 unspecified atom stereocenters. The number of rotatable bonds is 5. The van der Waals surface area contributed by atoms with Gasteiger partial charge in [-0.2, -0.15) is 0 Å². The Morgan fingerprint density at radius 1 is 1.26 bits per heavy atom. The van der Waals surface area contributed by atoms with Gasteiger partial charge in [-0.05, 0) is 45.0 Å². The van der Waals surface area contributed by atoms with Gasteiger partial charge in [-0.15, -0.1) is 0 Å². The lowest BCUT2D eigenvalue weighted by Crippen LogP contribution is -2.38. The lowest BCUT2D eigenvalue weighted by Gasteiger charge is -2.36. The molecule has 0 amide bonds. The van der Waals surface area contributed by atoms with Crippen LogP contribution in [0.5, 0.6) is 0 Å². The van der Waals surface area contributed by atoms with E-state index >= 15 is 0 Å². The van der Waals surface area contributed by atoms with Gasteiger partial charge >= 0.3 is 0 Å². The highest BCUT2D eigenvalue weighted by atomic mass is 15.1. The minimum atomic E-state index is 0.725. The van der Waals surface area contributed by atoms with Crippen LogP contribution in [0, 0.1) is 5.92 Å². The zero-order valence-electron chi connectivity index (χ0n) is 12.5. The molecular formula is C16H27N3. The van der Waals surface area contributed by atoms with E-state index < -0.39 is 0 Å². The van der Waals surface area contributed by atoms with Crippen molar-refractivity contribution in [3.8, 4) is 0 Å². The van der Waals surface area contributed by atoms with Crippen LogP contribution in [0.3, 0.4) is 0 Å². The summed E-state index contributed by atoms with van der Waals surface area (Å²) in [7, 11) is 4.21. The third-order valence-electron chi connectivity index (χ3n) is 4.27. The molecule has 0 saturated heterocycles. The van der Waals surface area contributed by atoms with Gasteiger partial charge in [0.15, 0.2) is 0 Å². The van der Waals surface area contributed by atoms with Crippen LogP contribution in [0.2, 0.25) is 0 Å². The molecule has 0 aromatic carbocycles. The molecule has 1 aromatic rings. The fraction of sp³-hybridized carbons (Fsp3) is 0.688. The van der Waals surface area contributed by atoms with Gasteiger partial charge in [0.1, 0.15) is 0 Å². The summed E-state index contributed by atoms with van der Waals surface area (Å²) in [4.78, 5) is 7.21. The van der Waals surface area contributed by atoms with Crippen molar-refractivity contribution in [3.63, 3.8) is 0 Å². The summed E-state index contributed by atoms with van der Waals surface area (Å²) in [5.41, 5.74) is 2.32. The number of aromatic nitrogens is 1. The second-order valence-corrected chi connectivity index (χ2v) is 5.89. The van der Waals surface area contributed by atoms with Crippen LogP contribution in [0.1, 0.15) is 44.0 Å². The maximum Gasteiger partial charge on any atom is 0.0547 e. The zero-order valence-corrected chi connectivity index (χ0v) is 12.5. The van der Waals surface area contributed by atoms with Gasteiger partial charge in [0, 0.05) is 19.1 Å². The summed E-state index contributed by atoms with van der Waals surface area (Å²) >= 11 is 0. The lowest BCUT2D eigenvalue weighted by atomic mass is 9.85. The van der Waals surface area contributed by atoms with Crippen molar-refractivity contribution in [2.45, 2.75) is 51.7 Å². The second kappa shape index (κ2) is 7.01. The summed E-state index contributed by atoms with van der Waals surface area (Å²) < 4.78 is 0. The van der Waals surface area contributed by atoms with Gasteiger partial charge in [-0.25, -0.2) is 0 Å². The van der Waals surface area contributed by atoms with Gasteiger partial charge < -0.3 is 5.32 Å². The molecule has 1 saturated carbocycles. The van der Waals surface area contributed by atoms with Crippen molar-refractivity contribution in [3.05, 3.63) is 29.6 Å². The van der Waals surface area contributed by atoms with E-state index in [1.54, 1.807) is 0 Å². The van der Waals surface area contributed by atoms with Crippen molar-refractivity contribution in [1.29, 1.82) is 0 Å². The highest BCUT2D eigenvalue weighted by Crippen LogP contribution is 2.27. The molecule has 0 radical (unpaired) electrons. The van der Waals surface area contributed by atoms with Crippen molar-refractivity contribution in [2.24, 2.45) is 5.92 Å². The molecule has 1 aliphatic rings. The average Bonchev–Trinajstić information content (AvgIpc) is 2.40. The van der Waals surface area contributed by atoms with Gasteiger partial charge in [0.2, 0.25) is 0 Å². The Morgan fingerprint density at radius 3 is 2.74 bits per heavy atom. The molecule has 0 spiro atoms. The molecule has 19 heavy (non-hydrogen) atoms. The fourth-order valence-corrected chi connectivity index (χ4v) is 3.22. The minimum absolute atomic E-state index is 0.725. The standard InChI is InChI=1S/C16H27N3/c1-13-7-4-5-10-16(13)19(3)12-15-9-6-8-14(18-15)11-17-2/h6,8-9,13,16-17H,4-5,7,10-12H2,1-3H3. The van der Waals surface area contributed by atoms with Crippen LogP contribution in [-0.4, -0.2) is 30.0 Å². The third kappa shape index (κ3) is 4.02. The largest absolute Gasteiger partial charge is 0.314 e. The molecule has 2 atom stereocenters. The molecule has 3 heteroatoms. The predicted octanol–water partition coefficient (Wildman–Crippen LogP) is 2.81. The molecule has 1 aromatic heterocycles. The maximum absolute atomic E-state index is 4.72. The van der Waals surface area contributed by atoms with Crippen LogP contribution < -0.4 is 5.32 Å². The SMILES string of the molecule is CNCc1cccc(CN(C)C2CCCCC2C)n1. The molecule has 1 fully saturated rings. The lowest BCUT2D eigenvalue weighted by molar-refractivity contribution is 0.132. The van der Waals surface area contributed by atoms with Crippen LogP contribution in [0.4, 0.5) is 0 Å². The maximum atomic E-state index is 4.72. The van der Waals surface area contributed by atoms with Crippen LogP contribution >= 0.6 is 0 Å². The molecule has 1 aliphatic carbocycles. The van der Waals surface area contributed by atoms with Gasteiger partial charge in [-0.1, -0.05) is 25.8 Å². The molecule has 106 valence electrons. The van der Waals surface area contributed by atoms with E-state index in [1.807, 2.05) is 7.05 Å². The topological polar surface area (TPSA) is 28.2 Å². The van der Waals surface area contributed by atoms with Crippen molar-refractivity contribution in [1.82, 2.24) is 15.2 Å². The summed E-state index contributed by atoms with van der Waals surface area (Å²) in [6.07, 6.45) is 5.50. The van der Waals surface area contributed by atoms with Crippen LogP contribution in [-0.2, 0) is 13.1 Å². The van der Waals surface area contributed by atoms with E-state index in [0.717, 1.165) is 30.7 Å². The van der Waals surface area contributed by atoms with E-state index in [9.17, 15) is 0 Å². The van der Waals surface area contributed by atoms with E-state index in [-0.39, 0.29) is 0 Å². The summed E-state index contributed by atoms with van der Waals surface area (Å²) in [5, 5.41) is 3.16. The normalized spacial score (nSPS) is 23.8. The number of hydrogen-bond donors (Lipinski definition) is 1.